The van der Waals surface area contributed by atoms with Gasteiger partial charge in [0.25, 0.3) is 0 Å². The smallest absolute Gasteiger partial charge is 0.00569 e. The first-order valence-corrected chi connectivity index (χ1v) is 8.07. The van der Waals surface area contributed by atoms with Crippen molar-refractivity contribution >= 4 is 5.57 Å². The van der Waals surface area contributed by atoms with Gasteiger partial charge in [-0.25, -0.2) is 0 Å². The first kappa shape index (κ1) is 13.5. The molecule has 3 rings (SSSR count). The summed E-state index contributed by atoms with van der Waals surface area (Å²) in [6.07, 6.45) is 10.4. The zero-order chi connectivity index (χ0) is 13.8. The molecule has 2 aliphatic rings. The van der Waals surface area contributed by atoms with Crippen molar-refractivity contribution in [1.29, 1.82) is 0 Å². The minimum atomic E-state index is 1.23. The summed E-state index contributed by atoms with van der Waals surface area (Å²) in [5, 5.41) is 0. The van der Waals surface area contributed by atoms with Gasteiger partial charge in [-0.1, -0.05) is 30.3 Å². The largest absolute Gasteiger partial charge is 0.118 e. The molecule has 0 nitrogen and oxygen atoms in total. The average Bonchev–Trinajstić information content (AvgIpc) is 3.01. The molecule has 20 heavy (non-hydrogen) atoms. The van der Waals surface area contributed by atoms with E-state index in [1.807, 2.05) is 0 Å². The van der Waals surface area contributed by atoms with E-state index in [0.717, 1.165) is 0 Å². The lowest BCUT2D eigenvalue weighted by atomic mass is 9.84. The lowest BCUT2D eigenvalue weighted by Crippen LogP contribution is -2.00. The van der Waals surface area contributed by atoms with E-state index in [-0.39, 0.29) is 0 Å². The van der Waals surface area contributed by atoms with Gasteiger partial charge < -0.3 is 0 Å². The monoisotopic (exact) mass is 264 g/mol. The molecule has 0 spiro atoms. The molecule has 0 heteroatoms. The van der Waals surface area contributed by atoms with E-state index in [1.165, 1.54) is 62.5 Å². The lowest BCUT2D eigenvalue weighted by Gasteiger charge is -2.21. The predicted octanol–water partition coefficient (Wildman–Crippen LogP) is 6.06. The van der Waals surface area contributed by atoms with Crippen molar-refractivity contribution in [3.05, 3.63) is 58.3 Å². The van der Waals surface area contributed by atoms with Crippen LogP contribution in [-0.4, -0.2) is 0 Å². The minimum Gasteiger partial charge on any atom is -0.118 e. The van der Waals surface area contributed by atoms with Crippen LogP contribution in [0.25, 0.3) is 5.57 Å². The third-order valence-electron chi connectivity index (χ3n) is 4.61. The zero-order valence-corrected chi connectivity index (χ0v) is 12.5. The zero-order valence-electron chi connectivity index (χ0n) is 12.5. The quantitative estimate of drug-likeness (QED) is 0.569. The van der Waals surface area contributed by atoms with Crippen LogP contribution >= 0.6 is 0 Å². The summed E-state index contributed by atoms with van der Waals surface area (Å²) in [5.74, 6) is 0. The average molecular weight is 264 g/mol. The van der Waals surface area contributed by atoms with Crippen molar-refractivity contribution < 1.29 is 0 Å². The van der Waals surface area contributed by atoms with Gasteiger partial charge in [-0.3, -0.25) is 0 Å². The van der Waals surface area contributed by atoms with Crippen LogP contribution in [-0.2, 0) is 0 Å². The Morgan fingerprint density at radius 2 is 1.50 bits per heavy atom. The van der Waals surface area contributed by atoms with Gasteiger partial charge in [-0.05, 0) is 86.1 Å². The fourth-order valence-corrected chi connectivity index (χ4v) is 3.54. The Morgan fingerprint density at radius 3 is 2.25 bits per heavy atom. The van der Waals surface area contributed by atoms with Crippen molar-refractivity contribution in [1.82, 2.24) is 0 Å². The van der Waals surface area contributed by atoms with Gasteiger partial charge in [-0.15, -0.1) is 5.73 Å². The summed E-state index contributed by atoms with van der Waals surface area (Å²) < 4.78 is 0. The highest BCUT2D eigenvalue weighted by Gasteiger charge is 2.16. The van der Waals surface area contributed by atoms with E-state index in [2.05, 4.69) is 43.0 Å². The Hall–Kier alpha value is -1.52. The Kier molecular flexibility index (Phi) is 4.23. The van der Waals surface area contributed by atoms with E-state index < -0.39 is 0 Å². The van der Waals surface area contributed by atoms with E-state index in [9.17, 15) is 0 Å². The predicted molar refractivity (Wildman–Crippen MR) is 86.5 cm³/mol. The molecule has 2 aliphatic carbocycles. The molecule has 0 aliphatic heterocycles. The van der Waals surface area contributed by atoms with Gasteiger partial charge in [0.2, 0.25) is 0 Å². The van der Waals surface area contributed by atoms with Crippen LogP contribution in [0.15, 0.2) is 52.8 Å². The van der Waals surface area contributed by atoms with Crippen molar-refractivity contribution in [2.24, 2.45) is 0 Å². The van der Waals surface area contributed by atoms with E-state index in [4.69, 9.17) is 0 Å². The number of benzene rings is 1. The van der Waals surface area contributed by atoms with Crippen molar-refractivity contribution in [3.8, 4) is 0 Å². The highest BCUT2D eigenvalue weighted by Crippen LogP contribution is 2.36. The van der Waals surface area contributed by atoms with Gasteiger partial charge in [0, 0.05) is 0 Å². The molecule has 0 N–H and O–H groups in total. The molecular weight excluding hydrogens is 240 g/mol. The molecule has 104 valence electrons. The van der Waals surface area contributed by atoms with Crippen molar-refractivity contribution in [3.63, 3.8) is 0 Å². The number of rotatable bonds is 2. The van der Waals surface area contributed by atoms with E-state index in [0.29, 0.717) is 0 Å². The maximum absolute atomic E-state index is 3.72. The van der Waals surface area contributed by atoms with Gasteiger partial charge in [0.15, 0.2) is 0 Å². The highest BCUT2D eigenvalue weighted by atomic mass is 14.2. The molecule has 1 aromatic carbocycles. The third kappa shape index (κ3) is 2.97. The fourth-order valence-electron chi connectivity index (χ4n) is 3.54. The first-order valence-electron chi connectivity index (χ1n) is 8.07. The van der Waals surface area contributed by atoms with Crippen LogP contribution in [0, 0.1) is 0 Å². The molecule has 0 unspecified atom stereocenters. The molecule has 1 aromatic rings. The topological polar surface area (TPSA) is 0 Å². The maximum atomic E-state index is 3.72. The van der Waals surface area contributed by atoms with E-state index >= 15 is 0 Å². The Balaban J connectivity index is 2.03. The second-order valence-corrected chi connectivity index (χ2v) is 6.09. The van der Waals surface area contributed by atoms with Crippen LogP contribution in [0.3, 0.4) is 0 Å². The summed E-state index contributed by atoms with van der Waals surface area (Å²) in [6, 6.07) is 10.9. The number of hydrogen-bond acceptors (Lipinski definition) is 0. The van der Waals surface area contributed by atoms with Gasteiger partial charge in [-0.2, -0.15) is 0 Å². The molecule has 0 atom stereocenters. The van der Waals surface area contributed by atoms with Crippen LogP contribution in [0.1, 0.15) is 63.9 Å². The molecule has 1 fully saturated rings. The Bertz CT molecular complexity index is 557. The molecule has 0 saturated heterocycles. The third-order valence-corrected chi connectivity index (χ3v) is 4.61. The molecule has 0 aromatic heterocycles. The molecular formula is C20H24. The summed E-state index contributed by atoms with van der Waals surface area (Å²) in [6.45, 7) is 2.27. The molecule has 1 saturated carbocycles. The lowest BCUT2D eigenvalue weighted by molar-refractivity contribution is 0.718. The number of allylic oxidation sites excluding steroid dienone is 3. The van der Waals surface area contributed by atoms with Crippen molar-refractivity contribution in [2.75, 3.05) is 0 Å². The van der Waals surface area contributed by atoms with Crippen LogP contribution < -0.4 is 0 Å². The second-order valence-electron chi connectivity index (χ2n) is 6.09. The standard InChI is InChI=1S/C20H24/c1-16(15-17-9-5-6-10-17)19-13-7-8-14-20(19)18-11-3-2-4-12-18/h2-4,11-12H,5-10,13-14H2,1H3. The highest BCUT2D eigenvalue weighted by molar-refractivity contribution is 5.73. The molecule has 0 radical (unpaired) electrons. The molecule has 0 bridgehead atoms. The number of hydrogen-bond donors (Lipinski definition) is 0. The fraction of sp³-hybridized carbons (Fsp3) is 0.450. The van der Waals surface area contributed by atoms with Gasteiger partial charge in [0.05, 0.1) is 0 Å². The Morgan fingerprint density at radius 1 is 0.850 bits per heavy atom. The second kappa shape index (κ2) is 6.29. The first-order chi connectivity index (χ1) is 9.84. The van der Waals surface area contributed by atoms with Crippen LogP contribution in [0.4, 0.5) is 0 Å². The molecule has 0 heterocycles. The minimum absolute atomic E-state index is 1.23. The van der Waals surface area contributed by atoms with Crippen LogP contribution in [0.2, 0.25) is 0 Å². The Labute approximate surface area is 122 Å². The van der Waals surface area contributed by atoms with E-state index in [1.54, 1.807) is 16.7 Å². The summed E-state index contributed by atoms with van der Waals surface area (Å²) in [4.78, 5) is 0. The normalized spacial score (nSPS) is 19.1. The van der Waals surface area contributed by atoms with Gasteiger partial charge >= 0.3 is 0 Å². The van der Waals surface area contributed by atoms with Crippen molar-refractivity contribution in [2.45, 2.75) is 58.3 Å². The van der Waals surface area contributed by atoms with Crippen LogP contribution in [0.5, 0.6) is 0 Å². The van der Waals surface area contributed by atoms with Gasteiger partial charge in [0.1, 0.15) is 0 Å². The molecule has 0 amide bonds. The maximum Gasteiger partial charge on any atom is -0.00569 e. The summed E-state index contributed by atoms with van der Waals surface area (Å²) in [7, 11) is 0. The summed E-state index contributed by atoms with van der Waals surface area (Å²) in [5.41, 5.74) is 11.2. The summed E-state index contributed by atoms with van der Waals surface area (Å²) >= 11 is 0. The SMILES string of the molecule is CC(=C=C1CCCC1)C1=C(c2ccccc2)CCCC1.